The van der Waals surface area contributed by atoms with E-state index in [0.717, 1.165) is 18.9 Å². The van der Waals surface area contributed by atoms with Gasteiger partial charge in [-0.1, -0.05) is 49.6 Å². The van der Waals surface area contributed by atoms with Crippen LogP contribution in [0.4, 0.5) is 0 Å². The zero-order chi connectivity index (χ0) is 13.0. The van der Waals surface area contributed by atoms with Gasteiger partial charge in [0, 0.05) is 12.6 Å². The fraction of sp³-hybridized carbons (Fsp3) is 0.625. The van der Waals surface area contributed by atoms with E-state index in [1.165, 1.54) is 30.4 Å². The van der Waals surface area contributed by atoms with Crippen LogP contribution in [0.3, 0.4) is 0 Å². The summed E-state index contributed by atoms with van der Waals surface area (Å²) in [5.74, 6) is 0.918. The van der Waals surface area contributed by atoms with Gasteiger partial charge in [-0.15, -0.1) is 0 Å². The Bertz CT molecular complexity index is 356. The second-order valence-electron chi connectivity index (χ2n) is 5.51. The predicted octanol–water partition coefficient (Wildman–Crippen LogP) is 3.59. The first-order valence-electron chi connectivity index (χ1n) is 7.14. The van der Waals surface area contributed by atoms with E-state index < -0.39 is 0 Å². The molecular formula is C16H25NO. The molecule has 2 heteroatoms. The van der Waals surface area contributed by atoms with Crippen molar-refractivity contribution >= 4 is 0 Å². The van der Waals surface area contributed by atoms with Crippen LogP contribution < -0.4 is 5.73 Å². The van der Waals surface area contributed by atoms with Gasteiger partial charge in [-0.3, -0.25) is 0 Å². The van der Waals surface area contributed by atoms with Crippen molar-refractivity contribution in [3.05, 3.63) is 35.4 Å². The van der Waals surface area contributed by atoms with Crippen molar-refractivity contribution < 1.29 is 4.74 Å². The molecule has 2 unspecified atom stereocenters. The minimum atomic E-state index is 0.0503. The quantitative estimate of drug-likeness (QED) is 0.799. The number of aryl methyl sites for hydroxylation is 1. The summed E-state index contributed by atoms with van der Waals surface area (Å²) in [7, 11) is 0. The molecule has 1 fully saturated rings. The lowest BCUT2D eigenvalue weighted by atomic mass is 10.00. The second-order valence-corrected chi connectivity index (χ2v) is 5.51. The number of rotatable bonds is 7. The van der Waals surface area contributed by atoms with Gasteiger partial charge in [0.15, 0.2) is 0 Å². The highest BCUT2D eigenvalue weighted by molar-refractivity contribution is 5.24. The average molecular weight is 247 g/mol. The van der Waals surface area contributed by atoms with E-state index in [1.54, 1.807) is 0 Å². The molecule has 0 saturated heterocycles. The Morgan fingerprint density at radius 2 is 1.94 bits per heavy atom. The Kier molecular flexibility index (Phi) is 4.79. The molecule has 2 N–H and O–H groups in total. The normalized spacial score (nSPS) is 18.6. The Morgan fingerprint density at radius 1 is 1.28 bits per heavy atom. The van der Waals surface area contributed by atoms with Crippen molar-refractivity contribution in [1.29, 1.82) is 0 Å². The van der Waals surface area contributed by atoms with Crippen molar-refractivity contribution in [3.63, 3.8) is 0 Å². The van der Waals surface area contributed by atoms with Crippen LogP contribution in [0, 0.1) is 12.8 Å². The molecule has 1 aromatic carbocycles. The lowest BCUT2D eigenvalue weighted by Crippen LogP contribution is -2.30. The topological polar surface area (TPSA) is 35.2 Å². The van der Waals surface area contributed by atoms with Crippen LogP contribution in [0.25, 0.3) is 0 Å². The fourth-order valence-corrected chi connectivity index (χ4v) is 2.21. The summed E-state index contributed by atoms with van der Waals surface area (Å²) in [6.07, 6.45) is 4.96. The van der Waals surface area contributed by atoms with Crippen LogP contribution >= 0.6 is 0 Å². The minimum absolute atomic E-state index is 0.0503. The summed E-state index contributed by atoms with van der Waals surface area (Å²) in [5.41, 5.74) is 8.69. The van der Waals surface area contributed by atoms with Crippen molar-refractivity contribution in [2.75, 3.05) is 6.61 Å². The molecule has 1 aliphatic rings. The molecule has 0 radical (unpaired) electrons. The Labute approximate surface area is 111 Å². The monoisotopic (exact) mass is 247 g/mol. The Hall–Kier alpha value is -0.860. The van der Waals surface area contributed by atoms with Crippen molar-refractivity contribution in [1.82, 2.24) is 0 Å². The third kappa shape index (κ3) is 3.82. The molecule has 1 saturated carbocycles. The summed E-state index contributed by atoms with van der Waals surface area (Å²) in [5, 5.41) is 0. The summed E-state index contributed by atoms with van der Waals surface area (Å²) in [6, 6.07) is 8.65. The van der Waals surface area contributed by atoms with E-state index in [2.05, 4.69) is 38.1 Å². The standard InChI is InChI=1S/C16H25NO/c1-3-15(17)16(18-11-10-13-6-7-13)14-8-4-12(2)5-9-14/h4-5,8-9,13,15-16H,3,6-7,10-11,17H2,1-2H3. The maximum Gasteiger partial charge on any atom is 0.0975 e. The molecule has 0 aromatic heterocycles. The van der Waals surface area contributed by atoms with Gasteiger partial charge in [0.25, 0.3) is 0 Å². The number of hydrogen-bond donors (Lipinski definition) is 1. The SMILES string of the molecule is CCC(N)C(OCCC1CC1)c1ccc(C)cc1. The van der Waals surface area contributed by atoms with Crippen LogP contribution in [0.5, 0.6) is 0 Å². The van der Waals surface area contributed by atoms with Crippen LogP contribution in [0.2, 0.25) is 0 Å². The minimum Gasteiger partial charge on any atom is -0.372 e. The maximum absolute atomic E-state index is 6.19. The van der Waals surface area contributed by atoms with E-state index in [-0.39, 0.29) is 12.1 Å². The first kappa shape index (κ1) is 13.6. The van der Waals surface area contributed by atoms with Crippen LogP contribution in [0.15, 0.2) is 24.3 Å². The second kappa shape index (κ2) is 6.35. The molecule has 18 heavy (non-hydrogen) atoms. The van der Waals surface area contributed by atoms with E-state index in [1.807, 2.05) is 0 Å². The van der Waals surface area contributed by atoms with E-state index >= 15 is 0 Å². The Balaban J connectivity index is 1.96. The van der Waals surface area contributed by atoms with E-state index in [4.69, 9.17) is 10.5 Å². The zero-order valence-electron chi connectivity index (χ0n) is 11.6. The smallest absolute Gasteiger partial charge is 0.0975 e. The molecule has 0 aliphatic heterocycles. The van der Waals surface area contributed by atoms with Gasteiger partial charge < -0.3 is 10.5 Å². The number of ether oxygens (including phenoxy) is 1. The molecule has 2 atom stereocenters. The van der Waals surface area contributed by atoms with Crippen molar-refractivity contribution in [3.8, 4) is 0 Å². The largest absolute Gasteiger partial charge is 0.372 e. The van der Waals surface area contributed by atoms with Gasteiger partial charge in [0.05, 0.1) is 6.10 Å². The lowest BCUT2D eigenvalue weighted by Gasteiger charge is -2.24. The van der Waals surface area contributed by atoms with Crippen LogP contribution in [0.1, 0.15) is 49.8 Å². The first-order valence-corrected chi connectivity index (χ1v) is 7.14. The van der Waals surface area contributed by atoms with Gasteiger partial charge >= 0.3 is 0 Å². The molecule has 1 aromatic rings. The van der Waals surface area contributed by atoms with Gasteiger partial charge in [0.1, 0.15) is 0 Å². The third-order valence-electron chi connectivity index (χ3n) is 3.79. The van der Waals surface area contributed by atoms with Crippen LogP contribution in [-0.2, 0) is 4.74 Å². The van der Waals surface area contributed by atoms with Crippen LogP contribution in [-0.4, -0.2) is 12.6 Å². The molecule has 2 rings (SSSR count). The predicted molar refractivity (Wildman–Crippen MR) is 75.5 cm³/mol. The number of nitrogens with two attached hydrogens (primary N) is 1. The Morgan fingerprint density at radius 3 is 2.50 bits per heavy atom. The highest BCUT2D eigenvalue weighted by Crippen LogP contribution is 2.33. The van der Waals surface area contributed by atoms with Crippen molar-refractivity contribution in [2.45, 2.75) is 51.7 Å². The van der Waals surface area contributed by atoms with Gasteiger partial charge in [0.2, 0.25) is 0 Å². The molecule has 100 valence electrons. The van der Waals surface area contributed by atoms with Gasteiger partial charge in [-0.2, -0.15) is 0 Å². The summed E-state index contributed by atoms with van der Waals surface area (Å²) in [6.45, 7) is 5.07. The van der Waals surface area contributed by atoms with E-state index in [0.29, 0.717) is 0 Å². The zero-order valence-corrected chi connectivity index (χ0v) is 11.6. The average Bonchev–Trinajstić information content (AvgIpc) is 3.19. The third-order valence-corrected chi connectivity index (χ3v) is 3.79. The molecule has 0 heterocycles. The molecule has 2 nitrogen and oxygen atoms in total. The van der Waals surface area contributed by atoms with Gasteiger partial charge in [-0.25, -0.2) is 0 Å². The first-order chi connectivity index (χ1) is 8.70. The van der Waals surface area contributed by atoms with E-state index in [9.17, 15) is 0 Å². The number of hydrogen-bond acceptors (Lipinski definition) is 2. The molecule has 0 bridgehead atoms. The molecule has 1 aliphatic carbocycles. The lowest BCUT2D eigenvalue weighted by molar-refractivity contribution is 0.0300. The van der Waals surface area contributed by atoms with Gasteiger partial charge in [-0.05, 0) is 31.2 Å². The summed E-state index contributed by atoms with van der Waals surface area (Å²) in [4.78, 5) is 0. The highest BCUT2D eigenvalue weighted by atomic mass is 16.5. The highest BCUT2D eigenvalue weighted by Gasteiger charge is 2.23. The summed E-state index contributed by atoms with van der Waals surface area (Å²) < 4.78 is 6.05. The fourth-order valence-electron chi connectivity index (χ4n) is 2.21. The summed E-state index contributed by atoms with van der Waals surface area (Å²) >= 11 is 0. The molecule has 0 spiro atoms. The number of benzene rings is 1. The van der Waals surface area contributed by atoms with Crippen molar-refractivity contribution in [2.24, 2.45) is 11.7 Å². The molecular weight excluding hydrogens is 222 g/mol. The maximum atomic E-state index is 6.19. The molecule has 0 amide bonds.